The van der Waals surface area contributed by atoms with E-state index in [1.165, 1.54) is 6.92 Å². The number of hydrogen-bond donors (Lipinski definition) is 2. The highest BCUT2D eigenvalue weighted by atomic mass is 16.5. The van der Waals surface area contributed by atoms with E-state index in [9.17, 15) is 9.59 Å². The molecule has 1 atom stereocenters. The summed E-state index contributed by atoms with van der Waals surface area (Å²) in [5.41, 5.74) is 1.90. The van der Waals surface area contributed by atoms with Crippen LogP contribution in [0, 0.1) is 0 Å². The van der Waals surface area contributed by atoms with Crippen LogP contribution >= 0.6 is 0 Å². The van der Waals surface area contributed by atoms with Gasteiger partial charge in [-0.25, -0.2) is 0 Å². The SMILES string of the molecule is COc1ccc(C(CC(=O)NCC2(c3ccccc3OC)CCCC2)NC(C)=O)cc1. The van der Waals surface area contributed by atoms with E-state index in [0.29, 0.717) is 6.54 Å². The Morgan fingerprint density at radius 3 is 2.29 bits per heavy atom. The van der Waals surface area contributed by atoms with Crippen LogP contribution in [-0.2, 0) is 15.0 Å². The maximum atomic E-state index is 12.9. The van der Waals surface area contributed by atoms with Gasteiger partial charge in [0.15, 0.2) is 0 Å². The molecule has 6 heteroatoms. The van der Waals surface area contributed by atoms with E-state index in [0.717, 1.165) is 48.3 Å². The van der Waals surface area contributed by atoms with Crippen molar-refractivity contribution in [1.82, 2.24) is 10.6 Å². The zero-order valence-corrected chi connectivity index (χ0v) is 18.6. The second kappa shape index (κ2) is 10.3. The van der Waals surface area contributed by atoms with Gasteiger partial charge in [-0.2, -0.15) is 0 Å². The number of carbonyl (C=O) groups is 2. The summed E-state index contributed by atoms with van der Waals surface area (Å²) >= 11 is 0. The first-order chi connectivity index (χ1) is 15.0. The van der Waals surface area contributed by atoms with Gasteiger partial charge in [0.25, 0.3) is 0 Å². The van der Waals surface area contributed by atoms with Gasteiger partial charge in [0.2, 0.25) is 11.8 Å². The molecule has 1 aliphatic rings. The number of amides is 2. The number of carbonyl (C=O) groups excluding carboxylic acids is 2. The highest BCUT2D eigenvalue weighted by Crippen LogP contribution is 2.44. The van der Waals surface area contributed by atoms with Gasteiger partial charge in [0.1, 0.15) is 11.5 Å². The smallest absolute Gasteiger partial charge is 0.222 e. The molecule has 1 saturated carbocycles. The molecule has 2 aromatic carbocycles. The normalized spacial score (nSPS) is 15.7. The van der Waals surface area contributed by atoms with E-state index in [4.69, 9.17) is 9.47 Å². The molecule has 2 aromatic rings. The molecule has 2 N–H and O–H groups in total. The minimum atomic E-state index is -0.394. The average Bonchev–Trinajstić information content (AvgIpc) is 3.27. The third kappa shape index (κ3) is 5.57. The molecule has 2 amide bonds. The maximum Gasteiger partial charge on any atom is 0.222 e. The van der Waals surface area contributed by atoms with E-state index in [1.807, 2.05) is 42.5 Å². The Balaban J connectivity index is 1.71. The molecule has 0 aromatic heterocycles. The molecule has 0 saturated heterocycles. The quantitative estimate of drug-likeness (QED) is 0.640. The Labute approximate surface area is 184 Å². The standard InChI is InChI=1S/C25H32N2O4/c1-18(28)27-22(19-10-12-20(30-2)13-11-19)16-24(29)26-17-25(14-6-7-15-25)21-8-4-5-9-23(21)31-3/h4-5,8-13,22H,6-7,14-17H2,1-3H3,(H,26,29)(H,27,28). The van der Waals surface area contributed by atoms with Crippen molar-refractivity contribution in [1.29, 1.82) is 0 Å². The van der Waals surface area contributed by atoms with Crippen molar-refractivity contribution in [2.75, 3.05) is 20.8 Å². The number of rotatable bonds is 9. The van der Waals surface area contributed by atoms with Crippen LogP contribution in [0.2, 0.25) is 0 Å². The predicted octanol–water partition coefficient (Wildman–Crippen LogP) is 3.90. The summed E-state index contributed by atoms with van der Waals surface area (Å²) in [5, 5.41) is 6.03. The first-order valence-electron chi connectivity index (χ1n) is 10.8. The molecule has 1 unspecified atom stereocenters. The lowest BCUT2D eigenvalue weighted by atomic mass is 9.78. The average molecular weight is 425 g/mol. The molecule has 0 aliphatic heterocycles. The van der Waals surface area contributed by atoms with E-state index < -0.39 is 6.04 Å². The Kier molecular flexibility index (Phi) is 7.55. The third-order valence-electron chi connectivity index (χ3n) is 6.15. The molecule has 166 valence electrons. The van der Waals surface area contributed by atoms with E-state index in [2.05, 4.69) is 16.7 Å². The van der Waals surface area contributed by atoms with Crippen LogP contribution in [0.1, 0.15) is 56.2 Å². The van der Waals surface area contributed by atoms with Crippen molar-refractivity contribution in [3.63, 3.8) is 0 Å². The zero-order chi connectivity index (χ0) is 22.3. The van der Waals surface area contributed by atoms with Gasteiger partial charge >= 0.3 is 0 Å². The van der Waals surface area contributed by atoms with Gasteiger partial charge in [-0.1, -0.05) is 43.2 Å². The fourth-order valence-corrected chi connectivity index (χ4v) is 4.54. The lowest BCUT2D eigenvalue weighted by molar-refractivity contribution is -0.123. The minimum Gasteiger partial charge on any atom is -0.497 e. The van der Waals surface area contributed by atoms with Crippen LogP contribution < -0.4 is 20.1 Å². The number of para-hydroxylation sites is 1. The summed E-state index contributed by atoms with van der Waals surface area (Å²) in [6, 6.07) is 15.1. The highest BCUT2D eigenvalue weighted by molar-refractivity contribution is 5.79. The summed E-state index contributed by atoms with van der Waals surface area (Å²) in [7, 11) is 3.29. The molecule has 3 rings (SSSR count). The number of ether oxygens (including phenoxy) is 2. The van der Waals surface area contributed by atoms with E-state index >= 15 is 0 Å². The van der Waals surface area contributed by atoms with Gasteiger partial charge < -0.3 is 20.1 Å². The molecule has 31 heavy (non-hydrogen) atoms. The van der Waals surface area contributed by atoms with Gasteiger partial charge in [0, 0.05) is 24.4 Å². The highest BCUT2D eigenvalue weighted by Gasteiger charge is 2.38. The number of nitrogens with one attached hydrogen (secondary N) is 2. The molecule has 0 radical (unpaired) electrons. The largest absolute Gasteiger partial charge is 0.497 e. The second-order valence-corrected chi connectivity index (χ2v) is 8.19. The summed E-state index contributed by atoms with van der Waals surface area (Å²) in [5.74, 6) is 1.34. The molecule has 0 bridgehead atoms. The van der Waals surface area contributed by atoms with Gasteiger partial charge in [-0.3, -0.25) is 9.59 Å². The molecule has 1 fully saturated rings. The van der Waals surface area contributed by atoms with Crippen LogP contribution in [0.15, 0.2) is 48.5 Å². The van der Waals surface area contributed by atoms with Crippen molar-refractivity contribution < 1.29 is 19.1 Å². The summed E-state index contributed by atoms with van der Waals surface area (Å²) in [6.45, 7) is 2.02. The van der Waals surface area contributed by atoms with Crippen LogP contribution in [0.4, 0.5) is 0 Å². The Morgan fingerprint density at radius 2 is 1.68 bits per heavy atom. The number of hydrogen-bond acceptors (Lipinski definition) is 4. The molecular weight excluding hydrogens is 392 g/mol. The third-order valence-corrected chi connectivity index (χ3v) is 6.15. The number of methoxy groups -OCH3 is 2. The van der Waals surface area contributed by atoms with E-state index in [-0.39, 0.29) is 23.7 Å². The second-order valence-electron chi connectivity index (χ2n) is 8.19. The van der Waals surface area contributed by atoms with Crippen LogP contribution in [0.25, 0.3) is 0 Å². The van der Waals surface area contributed by atoms with Crippen molar-refractivity contribution >= 4 is 11.8 Å². The lowest BCUT2D eigenvalue weighted by Gasteiger charge is -2.31. The van der Waals surface area contributed by atoms with Crippen LogP contribution in [0.5, 0.6) is 11.5 Å². The first kappa shape index (κ1) is 22.7. The van der Waals surface area contributed by atoms with Gasteiger partial charge in [-0.05, 0) is 36.6 Å². The topological polar surface area (TPSA) is 76.7 Å². The van der Waals surface area contributed by atoms with Crippen LogP contribution in [-0.4, -0.2) is 32.6 Å². The Morgan fingerprint density at radius 1 is 1.00 bits per heavy atom. The molecule has 1 aliphatic carbocycles. The maximum absolute atomic E-state index is 12.9. The van der Waals surface area contributed by atoms with E-state index in [1.54, 1.807) is 14.2 Å². The first-order valence-corrected chi connectivity index (χ1v) is 10.8. The fraction of sp³-hybridized carbons (Fsp3) is 0.440. The molecule has 6 nitrogen and oxygen atoms in total. The van der Waals surface area contributed by atoms with Crippen molar-refractivity contribution in [2.24, 2.45) is 0 Å². The Bertz CT molecular complexity index is 889. The van der Waals surface area contributed by atoms with Gasteiger partial charge in [-0.15, -0.1) is 0 Å². The van der Waals surface area contributed by atoms with Crippen molar-refractivity contribution in [2.45, 2.75) is 50.5 Å². The van der Waals surface area contributed by atoms with Crippen molar-refractivity contribution in [3.05, 3.63) is 59.7 Å². The fourth-order valence-electron chi connectivity index (χ4n) is 4.54. The molecule has 0 heterocycles. The summed E-state index contributed by atoms with van der Waals surface area (Å²) in [6.07, 6.45) is 4.47. The summed E-state index contributed by atoms with van der Waals surface area (Å²) < 4.78 is 10.8. The lowest BCUT2D eigenvalue weighted by Crippen LogP contribution is -2.40. The minimum absolute atomic E-state index is 0.0873. The molecular formula is C25H32N2O4. The zero-order valence-electron chi connectivity index (χ0n) is 18.6. The monoisotopic (exact) mass is 424 g/mol. The van der Waals surface area contributed by atoms with Crippen LogP contribution in [0.3, 0.4) is 0 Å². The summed E-state index contributed by atoms with van der Waals surface area (Å²) in [4.78, 5) is 24.6. The number of benzene rings is 2. The molecule has 0 spiro atoms. The van der Waals surface area contributed by atoms with Crippen molar-refractivity contribution in [3.8, 4) is 11.5 Å². The Hall–Kier alpha value is -3.02. The van der Waals surface area contributed by atoms with Gasteiger partial charge in [0.05, 0.1) is 26.7 Å². The predicted molar refractivity (Wildman–Crippen MR) is 120 cm³/mol.